The number of hydrogen-bond donors (Lipinski definition) is 2. The van der Waals surface area contributed by atoms with Crippen molar-refractivity contribution in [1.82, 2.24) is 10.1 Å². The summed E-state index contributed by atoms with van der Waals surface area (Å²) >= 11 is 0. The SMILES string of the molecule is CC(C)c1ccc(-c2noc(CCC(=O)Nc3cc(C(N)=O)c(F)cc3F)n2)cc1. The van der Waals surface area contributed by atoms with Crippen LogP contribution in [0.4, 0.5) is 14.5 Å². The fraction of sp³-hybridized carbons (Fsp3) is 0.238. The summed E-state index contributed by atoms with van der Waals surface area (Å²) in [5, 5.41) is 6.19. The van der Waals surface area contributed by atoms with Crippen LogP contribution < -0.4 is 11.1 Å². The van der Waals surface area contributed by atoms with Crippen molar-refractivity contribution in [3.05, 3.63) is 65.1 Å². The van der Waals surface area contributed by atoms with Crippen molar-refractivity contribution in [1.29, 1.82) is 0 Å². The van der Waals surface area contributed by atoms with Gasteiger partial charge in [0.2, 0.25) is 17.6 Å². The largest absolute Gasteiger partial charge is 0.366 e. The molecule has 0 saturated heterocycles. The van der Waals surface area contributed by atoms with Gasteiger partial charge in [0.15, 0.2) is 0 Å². The number of halogens is 2. The molecule has 30 heavy (non-hydrogen) atoms. The number of carbonyl (C=O) groups is 2. The first-order valence-electron chi connectivity index (χ1n) is 9.26. The molecule has 9 heteroatoms. The molecule has 0 atom stereocenters. The number of nitrogens with one attached hydrogen (secondary N) is 1. The van der Waals surface area contributed by atoms with Crippen LogP contribution in [-0.2, 0) is 11.2 Å². The number of primary amides is 1. The minimum atomic E-state index is -1.10. The molecular weight excluding hydrogens is 394 g/mol. The van der Waals surface area contributed by atoms with E-state index in [0.29, 0.717) is 17.8 Å². The van der Waals surface area contributed by atoms with Gasteiger partial charge in [0.1, 0.15) is 11.6 Å². The first-order valence-corrected chi connectivity index (χ1v) is 9.26. The summed E-state index contributed by atoms with van der Waals surface area (Å²) in [6.45, 7) is 4.19. The average molecular weight is 414 g/mol. The lowest BCUT2D eigenvalue weighted by Gasteiger charge is -2.08. The highest BCUT2D eigenvalue weighted by Crippen LogP contribution is 2.22. The van der Waals surface area contributed by atoms with Crippen molar-refractivity contribution >= 4 is 17.5 Å². The normalized spacial score (nSPS) is 11.0. The number of nitrogens with zero attached hydrogens (tertiary/aromatic N) is 2. The number of hydrogen-bond acceptors (Lipinski definition) is 5. The van der Waals surface area contributed by atoms with Crippen molar-refractivity contribution in [2.24, 2.45) is 5.73 Å². The molecule has 156 valence electrons. The van der Waals surface area contributed by atoms with Crippen molar-refractivity contribution in [3.63, 3.8) is 0 Å². The van der Waals surface area contributed by atoms with Crippen molar-refractivity contribution in [2.45, 2.75) is 32.6 Å². The molecule has 0 aliphatic heterocycles. The minimum Gasteiger partial charge on any atom is -0.366 e. The van der Waals surface area contributed by atoms with Gasteiger partial charge in [0.25, 0.3) is 5.91 Å². The maximum atomic E-state index is 13.8. The van der Waals surface area contributed by atoms with Gasteiger partial charge in [0.05, 0.1) is 11.3 Å². The smallest absolute Gasteiger partial charge is 0.251 e. The third-order valence-corrected chi connectivity index (χ3v) is 4.47. The Morgan fingerprint density at radius 3 is 2.47 bits per heavy atom. The first-order chi connectivity index (χ1) is 14.2. The standard InChI is InChI=1S/C21H20F2N4O3/c1-11(2)12-3-5-13(6-4-12)21-26-19(30-27-21)8-7-18(28)25-17-9-14(20(24)29)15(22)10-16(17)23/h3-6,9-11H,7-8H2,1-2H3,(H2,24,29)(H,25,28). The van der Waals surface area contributed by atoms with E-state index in [1.165, 1.54) is 5.56 Å². The van der Waals surface area contributed by atoms with Crippen LogP contribution in [0.15, 0.2) is 40.9 Å². The van der Waals surface area contributed by atoms with E-state index in [0.717, 1.165) is 11.6 Å². The molecule has 0 saturated carbocycles. The van der Waals surface area contributed by atoms with Gasteiger partial charge in [-0.05, 0) is 17.5 Å². The molecule has 1 aromatic heterocycles. The molecule has 0 spiro atoms. The second-order valence-electron chi connectivity index (χ2n) is 7.01. The van der Waals surface area contributed by atoms with E-state index in [4.69, 9.17) is 10.3 Å². The number of aryl methyl sites for hydroxylation is 1. The molecule has 1 heterocycles. The predicted octanol–water partition coefficient (Wildman–Crippen LogP) is 3.81. The molecule has 3 rings (SSSR count). The number of nitrogens with two attached hydrogens (primary N) is 1. The third kappa shape index (κ3) is 4.86. The van der Waals surface area contributed by atoms with Crippen molar-refractivity contribution in [2.75, 3.05) is 5.32 Å². The maximum Gasteiger partial charge on any atom is 0.251 e. The molecule has 0 unspecified atom stereocenters. The van der Waals surface area contributed by atoms with E-state index in [-0.39, 0.29) is 24.4 Å². The lowest BCUT2D eigenvalue weighted by molar-refractivity contribution is -0.116. The number of carbonyl (C=O) groups excluding carboxylic acids is 2. The summed E-state index contributed by atoms with van der Waals surface area (Å²) in [5.74, 6) is -2.71. The van der Waals surface area contributed by atoms with Gasteiger partial charge in [-0.3, -0.25) is 9.59 Å². The van der Waals surface area contributed by atoms with Crippen LogP contribution in [-0.4, -0.2) is 22.0 Å². The van der Waals surface area contributed by atoms with Crippen molar-refractivity contribution < 1.29 is 22.9 Å². The van der Waals surface area contributed by atoms with Crippen LogP contribution in [0.25, 0.3) is 11.4 Å². The Bertz CT molecular complexity index is 1080. The van der Waals surface area contributed by atoms with Gasteiger partial charge in [-0.15, -0.1) is 0 Å². The second kappa shape index (κ2) is 8.81. The monoisotopic (exact) mass is 414 g/mol. The molecule has 3 aromatic rings. The average Bonchev–Trinajstić information content (AvgIpc) is 3.17. The van der Waals surface area contributed by atoms with Crippen LogP contribution >= 0.6 is 0 Å². The molecule has 7 nitrogen and oxygen atoms in total. The van der Waals surface area contributed by atoms with Crippen LogP contribution in [0, 0.1) is 11.6 Å². The predicted molar refractivity (Wildman–Crippen MR) is 106 cm³/mol. The van der Waals surface area contributed by atoms with E-state index in [1.54, 1.807) is 0 Å². The van der Waals surface area contributed by atoms with Crippen molar-refractivity contribution in [3.8, 4) is 11.4 Å². The molecule has 0 bridgehead atoms. The van der Waals surface area contributed by atoms with E-state index < -0.39 is 29.0 Å². The van der Waals surface area contributed by atoms with Gasteiger partial charge in [-0.25, -0.2) is 8.78 Å². The van der Waals surface area contributed by atoms with Gasteiger partial charge in [0, 0.05) is 24.5 Å². The quantitative estimate of drug-likeness (QED) is 0.611. The molecule has 0 radical (unpaired) electrons. The molecule has 0 fully saturated rings. The Kier molecular flexibility index (Phi) is 6.20. The minimum absolute atomic E-state index is 0.0867. The number of rotatable bonds is 7. The topological polar surface area (TPSA) is 111 Å². The Balaban J connectivity index is 1.62. The lowest BCUT2D eigenvalue weighted by atomic mass is 10.0. The number of amides is 2. The zero-order valence-electron chi connectivity index (χ0n) is 16.4. The summed E-state index contributed by atoms with van der Waals surface area (Å²) in [7, 11) is 0. The van der Waals surface area contributed by atoms with Gasteiger partial charge >= 0.3 is 0 Å². The number of aromatic nitrogens is 2. The highest BCUT2D eigenvalue weighted by Gasteiger charge is 2.16. The molecule has 0 aliphatic carbocycles. The first kappa shape index (κ1) is 21.1. The zero-order chi connectivity index (χ0) is 21.8. The summed E-state index contributed by atoms with van der Waals surface area (Å²) in [4.78, 5) is 27.5. The molecule has 2 aromatic carbocycles. The van der Waals surface area contributed by atoms with E-state index >= 15 is 0 Å². The molecular formula is C21H20F2N4O3. The van der Waals surface area contributed by atoms with Gasteiger partial charge < -0.3 is 15.6 Å². The van der Waals surface area contributed by atoms with Crippen LogP contribution in [0.5, 0.6) is 0 Å². The van der Waals surface area contributed by atoms with Crippen LogP contribution in [0.1, 0.15) is 48.0 Å². The molecule has 3 N–H and O–H groups in total. The highest BCUT2D eigenvalue weighted by molar-refractivity contribution is 5.96. The Morgan fingerprint density at radius 2 is 1.83 bits per heavy atom. The summed E-state index contributed by atoms with van der Waals surface area (Å²) in [5.41, 5.74) is 6.14. The van der Waals surface area contributed by atoms with Gasteiger partial charge in [-0.2, -0.15) is 4.98 Å². The third-order valence-electron chi connectivity index (χ3n) is 4.47. The fourth-order valence-electron chi connectivity index (χ4n) is 2.76. The van der Waals surface area contributed by atoms with Crippen LogP contribution in [0.2, 0.25) is 0 Å². The Morgan fingerprint density at radius 1 is 1.13 bits per heavy atom. The van der Waals surface area contributed by atoms with E-state index in [9.17, 15) is 18.4 Å². The fourth-order valence-corrected chi connectivity index (χ4v) is 2.76. The maximum absolute atomic E-state index is 13.8. The summed E-state index contributed by atoms with van der Waals surface area (Å²) < 4.78 is 32.5. The number of benzene rings is 2. The lowest BCUT2D eigenvalue weighted by Crippen LogP contribution is -2.17. The Labute approximate surface area is 171 Å². The molecule has 0 aliphatic rings. The Hall–Kier alpha value is -3.62. The van der Waals surface area contributed by atoms with Gasteiger partial charge in [-0.1, -0.05) is 43.3 Å². The summed E-state index contributed by atoms with van der Waals surface area (Å²) in [6.07, 6.45) is 0.0328. The zero-order valence-corrected chi connectivity index (χ0v) is 16.4. The van der Waals surface area contributed by atoms with Crippen LogP contribution in [0.3, 0.4) is 0 Å². The molecule has 2 amide bonds. The number of anilines is 1. The highest BCUT2D eigenvalue weighted by atomic mass is 19.1. The second-order valence-corrected chi connectivity index (χ2v) is 7.01. The van der Waals surface area contributed by atoms with E-state index in [1.807, 2.05) is 24.3 Å². The van der Waals surface area contributed by atoms with E-state index in [2.05, 4.69) is 29.3 Å². The summed E-state index contributed by atoms with van der Waals surface area (Å²) in [6, 6.07) is 9.11.